The summed E-state index contributed by atoms with van der Waals surface area (Å²) >= 11 is 0. The fraction of sp³-hybridized carbons (Fsp3) is 0.692. The molecular weight excluding hydrogens is 256 g/mol. The van der Waals surface area contributed by atoms with Gasteiger partial charge < -0.3 is 20.0 Å². The fourth-order valence-corrected chi connectivity index (χ4v) is 2.65. The summed E-state index contributed by atoms with van der Waals surface area (Å²) < 4.78 is 5.12. The number of ether oxygens (including phenoxy) is 1. The first-order valence-corrected chi connectivity index (χ1v) is 6.89. The highest BCUT2D eigenvalue weighted by Crippen LogP contribution is 2.25. The van der Waals surface area contributed by atoms with Gasteiger partial charge in [0.15, 0.2) is 5.82 Å². The number of aromatic nitrogens is 2. The molecule has 1 aliphatic rings. The number of hydrazine groups is 1. The molecule has 0 bridgehead atoms. The van der Waals surface area contributed by atoms with E-state index in [2.05, 4.69) is 39.3 Å². The van der Waals surface area contributed by atoms with Crippen molar-refractivity contribution in [2.24, 2.45) is 5.84 Å². The second kappa shape index (κ2) is 6.83. The van der Waals surface area contributed by atoms with Gasteiger partial charge in [-0.1, -0.05) is 0 Å². The summed E-state index contributed by atoms with van der Waals surface area (Å²) in [6, 6.07) is 2.38. The Morgan fingerprint density at radius 3 is 2.95 bits per heavy atom. The van der Waals surface area contributed by atoms with Gasteiger partial charge in [-0.2, -0.15) is 0 Å². The van der Waals surface area contributed by atoms with E-state index in [9.17, 15) is 0 Å². The van der Waals surface area contributed by atoms with Gasteiger partial charge in [0.2, 0.25) is 0 Å². The molecule has 0 aromatic carbocycles. The molecule has 1 aliphatic heterocycles. The number of likely N-dealkylation sites (N-methyl/N-ethyl adjacent to an activating group) is 1. The predicted octanol–water partition coefficient (Wildman–Crippen LogP) is 0.439. The van der Waals surface area contributed by atoms with Crippen LogP contribution in [-0.2, 0) is 11.3 Å². The van der Waals surface area contributed by atoms with Gasteiger partial charge >= 0.3 is 0 Å². The molecular formula is C13H24N6O. The van der Waals surface area contributed by atoms with E-state index in [1.807, 2.05) is 6.07 Å². The summed E-state index contributed by atoms with van der Waals surface area (Å²) in [6.07, 6.45) is 2.38. The van der Waals surface area contributed by atoms with E-state index in [-0.39, 0.29) is 0 Å². The van der Waals surface area contributed by atoms with E-state index >= 15 is 0 Å². The third kappa shape index (κ3) is 3.56. The summed E-state index contributed by atoms with van der Waals surface area (Å²) in [6.45, 7) is 2.43. The summed E-state index contributed by atoms with van der Waals surface area (Å²) in [7, 11) is 5.83. The van der Waals surface area contributed by atoms with Crippen LogP contribution in [0.1, 0.15) is 18.7 Å². The lowest BCUT2D eigenvalue weighted by Crippen LogP contribution is -2.38. The maximum Gasteiger partial charge on any atom is 0.158 e. The van der Waals surface area contributed by atoms with E-state index in [1.54, 1.807) is 7.11 Å². The van der Waals surface area contributed by atoms with Crippen molar-refractivity contribution in [3.05, 3.63) is 11.9 Å². The highest BCUT2D eigenvalue weighted by atomic mass is 16.5. The van der Waals surface area contributed by atoms with Crippen LogP contribution in [0.3, 0.4) is 0 Å². The first-order valence-electron chi connectivity index (χ1n) is 6.89. The van der Waals surface area contributed by atoms with E-state index in [4.69, 9.17) is 10.6 Å². The zero-order valence-electron chi connectivity index (χ0n) is 12.5. The van der Waals surface area contributed by atoms with Crippen molar-refractivity contribution in [3.8, 4) is 0 Å². The largest absolute Gasteiger partial charge is 0.377 e. The number of methoxy groups -OCH3 is 1. The Balaban J connectivity index is 2.23. The standard InChI is InChI=1S/C13H24N6O/c1-18(2)8-10-5-4-6-19(10)13-7-11(17-14)15-12(16-13)9-20-3/h7,10H,4-6,8-9,14H2,1-3H3,(H,15,16,17). The third-order valence-corrected chi connectivity index (χ3v) is 3.43. The maximum absolute atomic E-state index is 5.49. The van der Waals surface area contributed by atoms with Crippen molar-refractivity contribution >= 4 is 11.6 Å². The number of hydrogen-bond acceptors (Lipinski definition) is 7. The van der Waals surface area contributed by atoms with Gasteiger partial charge in [0.25, 0.3) is 0 Å². The zero-order chi connectivity index (χ0) is 14.5. The first kappa shape index (κ1) is 15.0. The molecule has 1 unspecified atom stereocenters. The van der Waals surface area contributed by atoms with E-state index in [0.717, 1.165) is 18.9 Å². The molecule has 1 atom stereocenters. The van der Waals surface area contributed by atoms with Gasteiger partial charge in [0, 0.05) is 32.3 Å². The molecule has 0 saturated carbocycles. The summed E-state index contributed by atoms with van der Waals surface area (Å²) in [5.41, 5.74) is 2.60. The second-order valence-electron chi connectivity index (χ2n) is 5.36. The van der Waals surface area contributed by atoms with Gasteiger partial charge in [0.1, 0.15) is 18.2 Å². The lowest BCUT2D eigenvalue weighted by atomic mass is 10.2. The molecule has 2 rings (SSSR count). The number of nitrogens with zero attached hydrogens (tertiary/aromatic N) is 4. The first-order chi connectivity index (χ1) is 9.63. The van der Waals surface area contributed by atoms with Crippen LogP contribution in [0.25, 0.3) is 0 Å². The van der Waals surface area contributed by atoms with Crippen LogP contribution in [0, 0.1) is 0 Å². The number of nitrogens with two attached hydrogens (primary N) is 1. The molecule has 0 aliphatic carbocycles. The number of nitrogens with one attached hydrogen (secondary N) is 1. The number of nitrogen functional groups attached to an aromatic ring is 1. The van der Waals surface area contributed by atoms with E-state index < -0.39 is 0 Å². The molecule has 7 heteroatoms. The smallest absolute Gasteiger partial charge is 0.158 e. The minimum atomic E-state index is 0.384. The predicted molar refractivity (Wildman–Crippen MR) is 79.5 cm³/mol. The zero-order valence-corrected chi connectivity index (χ0v) is 12.5. The summed E-state index contributed by atoms with van der Waals surface area (Å²) in [5.74, 6) is 7.68. The van der Waals surface area contributed by atoms with Crippen molar-refractivity contribution in [1.29, 1.82) is 0 Å². The molecule has 112 valence electrons. The Morgan fingerprint density at radius 2 is 2.30 bits per heavy atom. The van der Waals surface area contributed by atoms with Crippen molar-refractivity contribution in [2.75, 3.05) is 44.6 Å². The van der Waals surface area contributed by atoms with Crippen LogP contribution < -0.4 is 16.2 Å². The Kier molecular flexibility index (Phi) is 5.11. The summed E-state index contributed by atoms with van der Waals surface area (Å²) in [5, 5.41) is 0. The van der Waals surface area contributed by atoms with Crippen LogP contribution in [-0.4, -0.2) is 55.2 Å². The molecule has 7 nitrogen and oxygen atoms in total. The monoisotopic (exact) mass is 280 g/mol. The minimum absolute atomic E-state index is 0.384. The number of anilines is 2. The Hall–Kier alpha value is -1.44. The average Bonchev–Trinajstić information content (AvgIpc) is 2.86. The SMILES string of the molecule is COCc1nc(NN)cc(N2CCCC2CN(C)C)n1. The van der Waals surface area contributed by atoms with Crippen molar-refractivity contribution < 1.29 is 4.74 Å². The number of hydrogen-bond donors (Lipinski definition) is 2. The quantitative estimate of drug-likeness (QED) is 0.578. The topological polar surface area (TPSA) is 79.5 Å². The highest BCUT2D eigenvalue weighted by Gasteiger charge is 2.26. The third-order valence-electron chi connectivity index (χ3n) is 3.43. The molecule has 20 heavy (non-hydrogen) atoms. The van der Waals surface area contributed by atoms with Gasteiger partial charge in [-0.25, -0.2) is 15.8 Å². The van der Waals surface area contributed by atoms with Gasteiger partial charge in [-0.3, -0.25) is 0 Å². The lowest BCUT2D eigenvalue weighted by Gasteiger charge is -2.28. The van der Waals surface area contributed by atoms with Gasteiger partial charge in [-0.15, -0.1) is 0 Å². The molecule has 3 N–H and O–H groups in total. The van der Waals surface area contributed by atoms with Crippen LogP contribution in [0.4, 0.5) is 11.6 Å². The van der Waals surface area contributed by atoms with E-state index in [1.165, 1.54) is 12.8 Å². The molecule has 2 heterocycles. The Morgan fingerprint density at radius 1 is 1.50 bits per heavy atom. The molecule has 1 saturated heterocycles. The van der Waals surface area contributed by atoms with Crippen LogP contribution in [0.15, 0.2) is 6.07 Å². The molecule has 0 spiro atoms. The Labute approximate surface area is 120 Å². The van der Waals surface area contributed by atoms with Crippen molar-refractivity contribution in [1.82, 2.24) is 14.9 Å². The number of rotatable bonds is 6. The van der Waals surface area contributed by atoms with E-state index in [0.29, 0.717) is 24.3 Å². The molecule has 0 radical (unpaired) electrons. The Bertz CT molecular complexity index is 439. The van der Waals surface area contributed by atoms with Gasteiger partial charge in [0.05, 0.1) is 0 Å². The molecule has 0 amide bonds. The minimum Gasteiger partial charge on any atom is -0.377 e. The molecule has 1 aromatic rings. The molecule has 1 fully saturated rings. The fourth-order valence-electron chi connectivity index (χ4n) is 2.65. The normalized spacial score (nSPS) is 18.9. The van der Waals surface area contributed by atoms with Crippen LogP contribution >= 0.6 is 0 Å². The average molecular weight is 280 g/mol. The second-order valence-corrected chi connectivity index (χ2v) is 5.36. The van der Waals surface area contributed by atoms with Crippen LogP contribution in [0.5, 0.6) is 0 Å². The maximum atomic E-state index is 5.49. The van der Waals surface area contributed by atoms with Crippen molar-refractivity contribution in [3.63, 3.8) is 0 Å². The summed E-state index contributed by atoms with van der Waals surface area (Å²) in [4.78, 5) is 13.4. The molecule has 1 aromatic heterocycles. The van der Waals surface area contributed by atoms with Crippen LogP contribution in [0.2, 0.25) is 0 Å². The van der Waals surface area contributed by atoms with Gasteiger partial charge in [-0.05, 0) is 26.9 Å². The highest BCUT2D eigenvalue weighted by molar-refractivity contribution is 5.50. The van der Waals surface area contributed by atoms with Crippen molar-refractivity contribution in [2.45, 2.75) is 25.5 Å². The lowest BCUT2D eigenvalue weighted by molar-refractivity contribution is 0.178.